The highest BCUT2D eigenvalue weighted by molar-refractivity contribution is 6.21. The number of halogens is 1. The molecule has 0 aromatic carbocycles. The summed E-state index contributed by atoms with van der Waals surface area (Å²) in [4.78, 5) is 0. The van der Waals surface area contributed by atoms with Crippen molar-refractivity contribution in [2.24, 2.45) is 0 Å². The largest absolute Gasteiger partial charge is 0.327 e. The van der Waals surface area contributed by atoms with Gasteiger partial charge in [0.2, 0.25) is 0 Å². The standard InChI is InChI=1S/C11H23ClO3/c1-5-9-10(12)11(13-6-2,14-7-3)15-8-4/h10H,5-9H2,1-4H3. The number of hydrogen-bond acceptors (Lipinski definition) is 3. The average Bonchev–Trinajstić information content (AvgIpc) is 2.19. The molecule has 0 N–H and O–H groups in total. The van der Waals surface area contributed by atoms with Gasteiger partial charge in [-0.1, -0.05) is 13.3 Å². The maximum absolute atomic E-state index is 6.27. The monoisotopic (exact) mass is 238 g/mol. The fourth-order valence-electron chi connectivity index (χ4n) is 1.43. The first-order valence-corrected chi connectivity index (χ1v) is 6.16. The zero-order valence-electron chi connectivity index (χ0n) is 10.2. The summed E-state index contributed by atoms with van der Waals surface area (Å²) in [5, 5.41) is -0.276. The van der Waals surface area contributed by atoms with Crippen molar-refractivity contribution in [3.8, 4) is 0 Å². The molecule has 0 amide bonds. The van der Waals surface area contributed by atoms with Gasteiger partial charge in [0.1, 0.15) is 5.38 Å². The Morgan fingerprint density at radius 2 is 1.33 bits per heavy atom. The predicted molar refractivity (Wildman–Crippen MR) is 62.2 cm³/mol. The maximum atomic E-state index is 6.27. The second-order valence-electron chi connectivity index (χ2n) is 3.16. The van der Waals surface area contributed by atoms with Crippen LogP contribution in [0.3, 0.4) is 0 Å². The van der Waals surface area contributed by atoms with Gasteiger partial charge in [0.25, 0.3) is 5.97 Å². The van der Waals surface area contributed by atoms with E-state index in [0.717, 1.165) is 12.8 Å². The summed E-state index contributed by atoms with van der Waals surface area (Å²) in [6.45, 7) is 9.35. The van der Waals surface area contributed by atoms with Crippen molar-refractivity contribution in [1.29, 1.82) is 0 Å². The molecule has 0 saturated heterocycles. The van der Waals surface area contributed by atoms with E-state index >= 15 is 0 Å². The fourth-order valence-corrected chi connectivity index (χ4v) is 1.84. The van der Waals surface area contributed by atoms with E-state index in [1.807, 2.05) is 20.8 Å². The molecule has 0 aromatic heterocycles. The molecule has 0 aliphatic rings. The van der Waals surface area contributed by atoms with Gasteiger partial charge in [-0.2, -0.15) is 0 Å². The molecule has 0 heterocycles. The molecule has 3 nitrogen and oxygen atoms in total. The third-order valence-electron chi connectivity index (χ3n) is 1.96. The second kappa shape index (κ2) is 8.34. The Hall–Kier alpha value is 0.170. The third kappa shape index (κ3) is 4.68. The molecule has 0 aromatic rings. The highest BCUT2D eigenvalue weighted by atomic mass is 35.5. The molecule has 0 radical (unpaired) electrons. The summed E-state index contributed by atoms with van der Waals surface area (Å²) in [5.41, 5.74) is 0. The van der Waals surface area contributed by atoms with Crippen LogP contribution < -0.4 is 0 Å². The van der Waals surface area contributed by atoms with Gasteiger partial charge in [-0.25, -0.2) is 0 Å². The molecule has 0 rings (SSSR count). The van der Waals surface area contributed by atoms with Gasteiger partial charge >= 0.3 is 0 Å². The molecule has 0 saturated carbocycles. The van der Waals surface area contributed by atoms with E-state index in [1.54, 1.807) is 0 Å². The molecule has 4 heteroatoms. The molecule has 1 atom stereocenters. The number of ether oxygens (including phenoxy) is 3. The van der Waals surface area contributed by atoms with E-state index in [9.17, 15) is 0 Å². The van der Waals surface area contributed by atoms with Crippen LogP contribution in [-0.4, -0.2) is 31.2 Å². The second-order valence-corrected chi connectivity index (χ2v) is 3.69. The first-order chi connectivity index (χ1) is 7.16. The summed E-state index contributed by atoms with van der Waals surface area (Å²) < 4.78 is 16.6. The highest BCUT2D eigenvalue weighted by Crippen LogP contribution is 2.28. The van der Waals surface area contributed by atoms with Crippen molar-refractivity contribution in [2.45, 2.75) is 51.9 Å². The zero-order valence-corrected chi connectivity index (χ0v) is 11.0. The van der Waals surface area contributed by atoms with Gasteiger partial charge in [-0.15, -0.1) is 11.6 Å². The van der Waals surface area contributed by atoms with E-state index < -0.39 is 5.97 Å². The summed E-state index contributed by atoms with van der Waals surface area (Å²) in [6, 6.07) is 0. The lowest BCUT2D eigenvalue weighted by molar-refractivity contribution is -0.377. The Balaban J connectivity index is 4.57. The lowest BCUT2D eigenvalue weighted by Gasteiger charge is -2.35. The normalized spacial score (nSPS) is 14.2. The molecule has 0 aliphatic carbocycles. The molecule has 15 heavy (non-hydrogen) atoms. The van der Waals surface area contributed by atoms with Gasteiger partial charge in [0.05, 0.1) is 0 Å². The van der Waals surface area contributed by atoms with Crippen LogP contribution in [0.5, 0.6) is 0 Å². The highest BCUT2D eigenvalue weighted by Gasteiger charge is 2.40. The maximum Gasteiger partial charge on any atom is 0.300 e. The minimum atomic E-state index is -1.07. The number of hydrogen-bond donors (Lipinski definition) is 0. The minimum Gasteiger partial charge on any atom is -0.327 e. The van der Waals surface area contributed by atoms with Crippen LogP contribution in [0.15, 0.2) is 0 Å². The molecule has 1 unspecified atom stereocenters. The number of rotatable bonds is 9. The number of alkyl halides is 1. The molecular formula is C11H23ClO3. The van der Waals surface area contributed by atoms with Crippen molar-refractivity contribution in [1.82, 2.24) is 0 Å². The van der Waals surface area contributed by atoms with E-state index in [2.05, 4.69) is 6.92 Å². The first-order valence-electron chi connectivity index (χ1n) is 5.72. The molecule has 92 valence electrons. The predicted octanol–water partition coefficient (Wildman–Crippen LogP) is 3.16. The van der Waals surface area contributed by atoms with Crippen LogP contribution in [-0.2, 0) is 14.2 Å². The lowest BCUT2D eigenvalue weighted by Crippen LogP contribution is -2.47. The average molecular weight is 239 g/mol. The van der Waals surface area contributed by atoms with E-state index in [4.69, 9.17) is 25.8 Å². The SMILES string of the molecule is CCCC(Cl)C(OCC)(OCC)OCC. The Kier molecular flexibility index (Phi) is 8.43. The van der Waals surface area contributed by atoms with Crippen LogP contribution >= 0.6 is 11.6 Å². The molecule has 0 bridgehead atoms. The molecule has 0 fully saturated rings. The van der Waals surface area contributed by atoms with Crippen molar-refractivity contribution in [2.75, 3.05) is 19.8 Å². The summed E-state index contributed by atoms with van der Waals surface area (Å²) >= 11 is 6.27. The zero-order chi connectivity index (χ0) is 11.7. The molecular weight excluding hydrogens is 216 g/mol. The van der Waals surface area contributed by atoms with Gasteiger partial charge < -0.3 is 14.2 Å². The molecule has 0 aliphatic heterocycles. The molecule has 0 spiro atoms. The quantitative estimate of drug-likeness (QED) is 0.456. The van der Waals surface area contributed by atoms with Crippen molar-refractivity contribution in [3.63, 3.8) is 0 Å². The van der Waals surface area contributed by atoms with Gasteiger partial charge in [0, 0.05) is 19.8 Å². The third-order valence-corrected chi connectivity index (χ3v) is 2.45. The Bertz CT molecular complexity index is 136. The van der Waals surface area contributed by atoms with E-state index in [-0.39, 0.29) is 5.38 Å². The Labute approximate surface area is 98.0 Å². The van der Waals surface area contributed by atoms with Crippen molar-refractivity contribution in [3.05, 3.63) is 0 Å². The topological polar surface area (TPSA) is 27.7 Å². The van der Waals surface area contributed by atoms with Crippen LogP contribution in [0.2, 0.25) is 0 Å². The van der Waals surface area contributed by atoms with Gasteiger partial charge in [0.15, 0.2) is 0 Å². The minimum absolute atomic E-state index is 0.276. The first kappa shape index (κ1) is 15.2. The van der Waals surface area contributed by atoms with Gasteiger partial charge in [-0.3, -0.25) is 0 Å². The summed E-state index contributed by atoms with van der Waals surface area (Å²) in [6.07, 6.45) is 1.78. The van der Waals surface area contributed by atoms with Crippen molar-refractivity contribution < 1.29 is 14.2 Å². The fraction of sp³-hybridized carbons (Fsp3) is 1.00. The van der Waals surface area contributed by atoms with E-state index in [0.29, 0.717) is 19.8 Å². The van der Waals surface area contributed by atoms with Crippen LogP contribution in [0, 0.1) is 0 Å². The summed E-state index contributed by atoms with van der Waals surface area (Å²) in [7, 11) is 0. The Morgan fingerprint density at radius 1 is 0.933 bits per heavy atom. The van der Waals surface area contributed by atoms with Crippen molar-refractivity contribution >= 4 is 11.6 Å². The van der Waals surface area contributed by atoms with Gasteiger partial charge in [-0.05, 0) is 27.2 Å². The Morgan fingerprint density at radius 3 is 1.60 bits per heavy atom. The van der Waals surface area contributed by atoms with Crippen LogP contribution in [0.25, 0.3) is 0 Å². The van der Waals surface area contributed by atoms with Crippen LogP contribution in [0.1, 0.15) is 40.5 Å². The smallest absolute Gasteiger partial charge is 0.300 e. The van der Waals surface area contributed by atoms with E-state index in [1.165, 1.54) is 0 Å². The van der Waals surface area contributed by atoms with Crippen LogP contribution in [0.4, 0.5) is 0 Å². The summed E-state index contributed by atoms with van der Waals surface area (Å²) in [5.74, 6) is -1.07. The lowest BCUT2D eigenvalue weighted by atomic mass is 10.2.